The van der Waals surface area contributed by atoms with Gasteiger partial charge in [0.15, 0.2) is 11.5 Å². The van der Waals surface area contributed by atoms with Crippen LogP contribution in [0.15, 0.2) is 23.2 Å². The van der Waals surface area contributed by atoms with Crippen LogP contribution in [0.3, 0.4) is 0 Å². The van der Waals surface area contributed by atoms with Gasteiger partial charge >= 0.3 is 0 Å². The zero-order valence-electron chi connectivity index (χ0n) is 14.0. The summed E-state index contributed by atoms with van der Waals surface area (Å²) in [7, 11) is 1.62. The Labute approximate surface area is 146 Å². The molecular weight excluding hydrogens is 320 g/mol. The topological polar surface area (TPSA) is 54.6 Å². The summed E-state index contributed by atoms with van der Waals surface area (Å²) >= 11 is 1.65. The molecule has 0 amide bonds. The molecule has 0 atom stereocenters. The van der Waals surface area contributed by atoms with E-state index in [4.69, 9.17) is 9.47 Å². The third kappa shape index (κ3) is 3.29. The highest BCUT2D eigenvalue weighted by molar-refractivity contribution is 7.16. The molecule has 0 fully saturated rings. The zero-order chi connectivity index (χ0) is 16.9. The van der Waals surface area contributed by atoms with Crippen LogP contribution in [0.1, 0.15) is 41.3 Å². The Balaban J connectivity index is 1.89. The molecule has 0 N–H and O–H groups in total. The van der Waals surface area contributed by atoms with Crippen molar-refractivity contribution in [1.29, 1.82) is 5.26 Å². The Morgan fingerprint density at radius 3 is 2.88 bits per heavy atom. The molecule has 4 nitrogen and oxygen atoms in total. The van der Waals surface area contributed by atoms with Gasteiger partial charge in [0.25, 0.3) is 0 Å². The van der Waals surface area contributed by atoms with Crippen LogP contribution in [0.4, 0.5) is 5.00 Å². The Morgan fingerprint density at radius 2 is 2.12 bits per heavy atom. The molecule has 124 valence electrons. The smallest absolute Gasteiger partial charge is 0.161 e. The van der Waals surface area contributed by atoms with Gasteiger partial charge in [-0.3, -0.25) is 0 Å². The van der Waals surface area contributed by atoms with Gasteiger partial charge in [-0.15, -0.1) is 11.3 Å². The lowest BCUT2D eigenvalue weighted by Gasteiger charge is -2.09. The van der Waals surface area contributed by atoms with Crippen LogP contribution < -0.4 is 9.47 Å². The van der Waals surface area contributed by atoms with Crippen molar-refractivity contribution in [2.45, 2.75) is 32.6 Å². The van der Waals surface area contributed by atoms with Crippen molar-refractivity contribution in [2.24, 2.45) is 4.99 Å². The molecule has 5 heteroatoms. The molecule has 1 aromatic carbocycles. The van der Waals surface area contributed by atoms with Crippen molar-refractivity contribution in [3.63, 3.8) is 0 Å². The van der Waals surface area contributed by atoms with Gasteiger partial charge in [0.1, 0.15) is 11.1 Å². The highest BCUT2D eigenvalue weighted by Gasteiger charge is 2.20. The first-order valence-electron chi connectivity index (χ1n) is 8.16. The maximum atomic E-state index is 9.48. The van der Waals surface area contributed by atoms with Gasteiger partial charge in [0.05, 0.1) is 19.3 Å². The van der Waals surface area contributed by atoms with E-state index in [1.54, 1.807) is 24.7 Å². The standard InChI is InChI=1S/C19H20N2O2S/c1-3-23-16-9-8-13(10-17(16)22-2)12-21-19-15(11-20)14-6-4-5-7-18(14)24-19/h8-10,12H,3-7H2,1-2H3/b21-12+. The lowest BCUT2D eigenvalue weighted by atomic mass is 9.96. The van der Waals surface area contributed by atoms with Crippen molar-refractivity contribution >= 4 is 22.6 Å². The molecule has 0 spiro atoms. The highest BCUT2D eigenvalue weighted by atomic mass is 32.1. The van der Waals surface area contributed by atoms with E-state index >= 15 is 0 Å². The van der Waals surface area contributed by atoms with Gasteiger partial charge in [-0.05, 0) is 61.9 Å². The highest BCUT2D eigenvalue weighted by Crippen LogP contribution is 2.39. The Kier molecular flexibility index (Phi) is 5.17. The summed E-state index contributed by atoms with van der Waals surface area (Å²) in [5, 5.41) is 10.3. The lowest BCUT2D eigenvalue weighted by molar-refractivity contribution is 0.311. The average Bonchev–Trinajstić information content (AvgIpc) is 2.98. The Bertz CT molecular complexity index is 802. The van der Waals surface area contributed by atoms with Crippen molar-refractivity contribution in [1.82, 2.24) is 0 Å². The summed E-state index contributed by atoms with van der Waals surface area (Å²) in [5.74, 6) is 1.41. The normalized spacial score (nSPS) is 13.5. The minimum atomic E-state index is 0.593. The first kappa shape index (κ1) is 16.5. The zero-order valence-corrected chi connectivity index (χ0v) is 14.8. The number of fused-ring (bicyclic) bond motifs is 1. The van der Waals surface area contributed by atoms with E-state index in [9.17, 15) is 5.26 Å². The number of benzene rings is 1. The molecule has 2 aromatic rings. The van der Waals surface area contributed by atoms with Crippen LogP contribution >= 0.6 is 11.3 Å². The largest absolute Gasteiger partial charge is 0.493 e. The van der Waals surface area contributed by atoms with Gasteiger partial charge in [0.2, 0.25) is 0 Å². The number of nitrogens with zero attached hydrogens (tertiary/aromatic N) is 2. The third-order valence-electron chi connectivity index (χ3n) is 4.08. The Morgan fingerprint density at radius 1 is 1.29 bits per heavy atom. The van der Waals surface area contributed by atoms with E-state index in [0.29, 0.717) is 12.4 Å². The number of aryl methyl sites for hydroxylation is 1. The molecule has 1 aromatic heterocycles. The van der Waals surface area contributed by atoms with Crippen LogP contribution in [-0.4, -0.2) is 19.9 Å². The number of rotatable bonds is 5. The lowest BCUT2D eigenvalue weighted by Crippen LogP contribution is -1.99. The van der Waals surface area contributed by atoms with Crippen molar-refractivity contribution in [2.75, 3.05) is 13.7 Å². The maximum absolute atomic E-state index is 9.48. The predicted molar refractivity (Wildman–Crippen MR) is 97.1 cm³/mol. The fourth-order valence-electron chi connectivity index (χ4n) is 2.93. The molecule has 1 aliphatic rings. The molecule has 0 unspecified atom stereocenters. The van der Waals surface area contributed by atoms with Crippen LogP contribution in [0.5, 0.6) is 11.5 Å². The fourth-order valence-corrected chi connectivity index (χ4v) is 4.11. The molecule has 3 rings (SSSR count). The van der Waals surface area contributed by atoms with E-state index in [1.807, 2.05) is 25.1 Å². The minimum Gasteiger partial charge on any atom is -0.493 e. The summed E-state index contributed by atoms with van der Waals surface area (Å²) in [6, 6.07) is 8.06. The van der Waals surface area contributed by atoms with E-state index in [-0.39, 0.29) is 0 Å². The monoisotopic (exact) mass is 340 g/mol. The molecule has 0 radical (unpaired) electrons. The second kappa shape index (κ2) is 7.50. The number of hydrogen-bond donors (Lipinski definition) is 0. The number of ether oxygens (including phenoxy) is 2. The molecule has 0 saturated carbocycles. The van der Waals surface area contributed by atoms with Crippen molar-refractivity contribution < 1.29 is 9.47 Å². The quantitative estimate of drug-likeness (QED) is 0.744. The summed E-state index contributed by atoms with van der Waals surface area (Å²) in [5.41, 5.74) is 2.89. The Hall–Kier alpha value is -2.32. The number of nitriles is 1. The van der Waals surface area contributed by atoms with Crippen LogP contribution in [0.25, 0.3) is 0 Å². The summed E-state index contributed by atoms with van der Waals surface area (Å²) in [4.78, 5) is 5.91. The summed E-state index contributed by atoms with van der Waals surface area (Å²) in [6.45, 7) is 2.53. The SMILES string of the molecule is CCOc1ccc(/C=N/c2sc3c(c2C#N)CCCC3)cc1OC. The van der Waals surface area contributed by atoms with Gasteiger partial charge in [0, 0.05) is 11.1 Å². The average molecular weight is 340 g/mol. The first-order valence-corrected chi connectivity index (χ1v) is 8.98. The fraction of sp³-hybridized carbons (Fsp3) is 0.368. The van der Waals surface area contributed by atoms with Crippen LogP contribution in [0.2, 0.25) is 0 Å². The molecule has 24 heavy (non-hydrogen) atoms. The third-order valence-corrected chi connectivity index (χ3v) is 5.28. The van der Waals surface area contributed by atoms with Gasteiger partial charge in [-0.25, -0.2) is 4.99 Å². The van der Waals surface area contributed by atoms with Crippen molar-refractivity contribution in [3.8, 4) is 17.6 Å². The van der Waals surface area contributed by atoms with E-state index in [0.717, 1.165) is 41.1 Å². The minimum absolute atomic E-state index is 0.593. The molecular formula is C19H20N2O2S. The van der Waals surface area contributed by atoms with E-state index in [1.165, 1.54) is 16.9 Å². The van der Waals surface area contributed by atoms with Crippen LogP contribution in [-0.2, 0) is 12.8 Å². The van der Waals surface area contributed by atoms with E-state index in [2.05, 4.69) is 11.1 Å². The second-order valence-corrected chi connectivity index (χ2v) is 6.69. The molecule has 0 aliphatic heterocycles. The van der Waals surface area contributed by atoms with Crippen molar-refractivity contribution in [3.05, 3.63) is 39.8 Å². The summed E-state index contributed by atoms with van der Waals surface area (Å²) < 4.78 is 10.9. The summed E-state index contributed by atoms with van der Waals surface area (Å²) in [6.07, 6.45) is 6.23. The second-order valence-electron chi connectivity index (χ2n) is 5.60. The number of thiophene rings is 1. The van der Waals surface area contributed by atoms with Gasteiger partial charge in [-0.1, -0.05) is 0 Å². The predicted octanol–water partition coefficient (Wildman–Crippen LogP) is 4.66. The van der Waals surface area contributed by atoms with E-state index < -0.39 is 0 Å². The molecule has 1 heterocycles. The molecule has 0 saturated heterocycles. The molecule has 1 aliphatic carbocycles. The number of aliphatic imine (C=N–C) groups is 1. The first-order chi connectivity index (χ1) is 11.8. The maximum Gasteiger partial charge on any atom is 0.161 e. The van der Waals surface area contributed by atoms with Crippen LogP contribution in [0, 0.1) is 11.3 Å². The molecule has 0 bridgehead atoms. The van der Waals surface area contributed by atoms with Gasteiger partial charge in [-0.2, -0.15) is 5.26 Å². The number of methoxy groups -OCH3 is 1. The number of hydrogen-bond acceptors (Lipinski definition) is 5. The van der Waals surface area contributed by atoms with Gasteiger partial charge < -0.3 is 9.47 Å².